The molecule has 1 atom stereocenters. The molecular weight excluding hydrogens is 468 g/mol. The van der Waals surface area contributed by atoms with Crippen molar-refractivity contribution in [2.75, 3.05) is 32.3 Å². The number of carbonyl (C=O) groups excluding carboxylic acids is 1. The van der Waals surface area contributed by atoms with Gasteiger partial charge in [-0.1, -0.05) is 6.07 Å². The van der Waals surface area contributed by atoms with Gasteiger partial charge in [-0.25, -0.2) is 21.6 Å². The molecule has 2 aliphatic rings. The van der Waals surface area contributed by atoms with Gasteiger partial charge in [0.15, 0.2) is 21.3 Å². The van der Waals surface area contributed by atoms with E-state index in [0.29, 0.717) is 31.0 Å². The number of hydrogen-bond acceptors (Lipinski definition) is 7. The fourth-order valence-corrected chi connectivity index (χ4v) is 7.31. The Morgan fingerprint density at radius 1 is 1.09 bits per heavy atom. The summed E-state index contributed by atoms with van der Waals surface area (Å²) in [5, 5.41) is 0. The first-order chi connectivity index (χ1) is 15.6. The molecule has 0 aliphatic carbocycles. The predicted molar refractivity (Wildman–Crippen MR) is 122 cm³/mol. The molecule has 1 amide bonds. The van der Waals surface area contributed by atoms with Gasteiger partial charge in [0.05, 0.1) is 30.6 Å². The summed E-state index contributed by atoms with van der Waals surface area (Å²) in [6.45, 7) is 0.847. The smallest absolute Gasteiger partial charge is 0.254 e. The van der Waals surface area contributed by atoms with E-state index in [9.17, 15) is 21.6 Å². The summed E-state index contributed by atoms with van der Waals surface area (Å²) in [4.78, 5) is 14.8. The van der Waals surface area contributed by atoms with Crippen LogP contribution in [0, 0.1) is 0 Å². The lowest BCUT2D eigenvalue weighted by molar-refractivity contribution is 0.0734. The van der Waals surface area contributed by atoms with Crippen LogP contribution in [0.3, 0.4) is 0 Å². The van der Waals surface area contributed by atoms with E-state index in [0.717, 1.165) is 11.1 Å². The fourth-order valence-electron chi connectivity index (χ4n) is 4.21. The molecular formula is C22H26N2O7S2. The molecule has 2 aromatic carbocycles. The Morgan fingerprint density at radius 2 is 1.79 bits per heavy atom. The van der Waals surface area contributed by atoms with Gasteiger partial charge in [-0.15, -0.1) is 0 Å². The summed E-state index contributed by atoms with van der Waals surface area (Å²) in [5.41, 5.74) is 2.27. The third-order valence-electron chi connectivity index (χ3n) is 5.95. The third kappa shape index (κ3) is 4.99. The first-order valence-electron chi connectivity index (χ1n) is 10.5. The topological polar surface area (TPSA) is 119 Å². The minimum absolute atomic E-state index is 0.0359. The van der Waals surface area contributed by atoms with Crippen molar-refractivity contribution in [1.29, 1.82) is 0 Å². The minimum Gasteiger partial charge on any atom is -0.493 e. The molecule has 1 saturated heterocycles. The number of ether oxygens (including phenoxy) is 2. The summed E-state index contributed by atoms with van der Waals surface area (Å²) in [6, 6.07) is 8.92. The number of methoxy groups -OCH3 is 2. The normalized spacial score (nSPS) is 19.7. The van der Waals surface area contributed by atoms with E-state index >= 15 is 0 Å². The molecule has 2 aliphatic heterocycles. The highest BCUT2D eigenvalue weighted by Crippen LogP contribution is 2.33. The summed E-state index contributed by atoms with van der Waals surface area (Å²) in [7, 11) is -4.06. The van der Waals surface area contributed by atoms with Crippen LogP contribution in [0.2, 0.25) is 0 Å². The molecule has 0 spiro atoms. The Labute approximate surface area is 193 Å². The second-order valence-corrected chi connectivity index (χ2v) is 12.1. The number of nitrogens with one attached hydrogen (secondary N) is 1. The minimum atomic E-state index is -3.96. The van der Waals surface area contributed by atoms with Crippen molar-refractivity contribution >= 4 is 25.8 Å². The zero-order chi connectivity index (χ0) is 23.8. The molecule has 4 rings (SSSR count). The number of carbonyl (C=O) groups is 1. The molecule has 0 saturated carbocycles. The van der Waals surface area contributed by atoms with Crippen LogP contribution in [0.4, 0.5) is 0 Å². The van der Waals surface area contributed by atoms with Gasteiger partial charge in [-0.05, 0) is 54.3 Å². The summed E-state index contributed by atoms with van der Waals surface area (Å²) in [6.07, 6.45) is 0.874. The third-order valence-corrected chi connectivity index (χ3v) is 9.24. The van der Waals surface area contributed by atoms with Crippen LogP contribution in [0.5, 0.6) is 11.5 Å². The monoisotopic (exact) mass is 494 g/mol. The van der Waals surface area contributed by atoms with Crippen LogP contribution in [0.25, 0.3) is 0 Å². The summed E-state index contributed by atoms with van der Waals surface area (Å²) in [5.74, 6) is 0.684. The zero-order valence-electron chi connectivity index (χ0n) is 18.4. The Kier molecular flexibility index (Phi) is 6.39. The van der Waals surface area contributed by atoms with Crippen molar-refractivity contribution in [1.82, 2.24) is 9.62 Å². The zero-order valence-corrected chi connectivity index (χ0v) is 20.0. The Morgan fingerprint density at radius 3 is 2.42 bits per heavy atom. The lowest BCUT2D eigenvalue weighted by Gasteiger charge is -2.30. The molecule has 33 heavy (non-hydrogen) atoms. The van der Waals surface area contributed by atoms with E-state index in [1.54, 1.807) is 25.2 Å². The number of benzene rings is 2. The number of rotatable bonds is 6. The Balaban J connectivity index is 1.52. The number of amides is 1. The summed E-state index contributed by atoms with van der Waals surface area (Å²) >= 11 is 0. The van der Waals surface area contributed by atoms with Crippen LogP contribution in [0.1, 0.15) is 27.9 Å². The van der Waals surface area contributed by atoms with Gasteiger partial charge in [-0.3, -0.25) is 4.79 Å². The van der Waals surface area contributed by atoms with Gasteiger partial charge >= 0.3 is 0 Å². The van der Waals surface area contributed by atoms with Crippen molar-refractivity contribution in [2.45, 2.75) is 30.3 Å². The second-order valence-electron chi connectivity index (χ2n) is 8.20. The standard InChI is InChI=1S/C22H26N2O7S2/c1-30-20-11-15-6-8-24(13-17(15)12-21(20)31-2)22(25)16-4-3-5-19(10-16)33(28,29)23-18-7-9-32(26,27)14-18/h3-5,10-12,18,23H,6-9,13-14H2,1-2H3/t18-/m0/s1. The van der Waals surface area contributed by atoms with Gasteiger partial charge in [0.1, 0.15) is 0 Å². The van der Waals surface area contributed by atoms with E-state index in [1.807, 2.05) is 12.1 Å². The quantitative estimate of drug-likeness (QED) is 0.644. The lowest BCUT2D eigenvalue weighted by Crippen LogP contribution is -2.37. The summed E-state index contributed by atoms with van der Waals surface area (Å²) < 4.78 is 62.0. The number of fused-ring (bicyclic) bond motifs is 1. The average molecular weight is 495 g/mol. The highest BCUT2D eigenvalue weighted by molar-refractivity contribution is 7.92. The number of nitrogens with zero attached hydrogens (tertiary/aromatic N) is 1. The molecule has 9 nitrogen and oxygen atoms in total. The van der Waals surface area contributed by atoms with Crippen LogP contribution in [-0.2, 0) is 32.8 Å². The Bertz CT molecular complexity index is 1290. The maximum atomic E-state index is 13.2. The van der Waals surface area contributed by atoms with Crippen LogP contribution in [-0.4, -0.2) is 66.0 Å². The highest BCUT2D eigenvalue weighted by Gasteiger charge is 2.32. The van der Waals surface area contributed by atoms with Gasteiger partial charge in [0.25, 0.3) is 5.91 Å². The highest BCUT2D eigenvalue weighted by atomic mass is 32.2. The molecule has 2 heterocycles. The van der Waals surface area contributed by atoms with E-state index in [-0.39, 0.29) is 34.3 Å². The predicted octanol–water partition coefficient (Wildman–Crippen LogP) is 1.37. The van der Waals surface area contributed by atoms with Gasteiger partial charge in [0, 0.05) is 24.7 Å². The first-order valence-corrected chi connectivity index (χ1v) is 13.8. The second kappa shape index (κ2) is 8.96. The number of sulfone groups is 1. The van der Waals surface area contributed by atoms with Gasteiger partial charge in [-0.2, -0.15) is 0 Å². The van der Waals surface area contributed by atoms with Crippen molar-refractivity contribution in [3.05, 3.63) is 53.1 Å². The van der Waals surface area contributed by atoms with E-state index in [1.165, 1.54) is 18.2 Å². The van der Waals surface area contributed by atoms with Crippen molar-refractivity contribution in [3.8, 4) is 11.5 Å². The van der Waals surface area contributed by atoms with E-state index < -0.39 is 25.9 Å². The van der Waals surface area contributed by atoms with Crippen LogP contribution >= 0.6 is 0 Å². The van der Waals surface area contributed by atoms with Crippen LogP contribution < -0.4 is 14.2 Å². The van der Waals surface area contributed by atoms with Crippen molar-refractivity contribution < 1.29 is 31.1 Å². The molecule has 2 aromatic rings. The maximum Gasteiger partial charge on any atom is 0.254 e. The van der Waals surface area contributed by atoms with E-state index in [2.05, 4.69) is 4.72 Å². The molecule has 0 bridgehead atoms. The molecule has 1 N–H and O–H groups in total. The molecule has 0 aromatic heterocycles. The largest absolute Gasteiger partial charge is 0.493 e. The van der Waals surface area contributed by atoms with Gasteiger partial charge < -0.3 is 14.4 Å². The fraction of sp³-hybridized carbons (Fsp3) is 0.409. The molecule has 1 fully saturated rings. The van der Waals surface area contributed by atoms with Crippen molar-refractivity contribution in [2.24, 2.45) is 0 Å². The molecule has 0 unspecified atom stereocenters. The number of hydrogen-bond donors (Lipinski definition) is 1. The molecule has 11 heteroatoms. The molecule has 0 radical (unpaired) electrons. The average Bonchev–Trinajstić information content (AvgIpc) is 3.14. The SMILES string of the molecule is COc1cc2c(cc1OC)CN(C(=O)c1cccc(S(=O)(=O)N[C@H]3CCS(=O)(=O)C3)c1)CC2. The van der Waals surface area contributed by atoms with Crippen molar-refractivity contribution in [3.63, 3.8) is 0 Å². The first kappa shape index (κ1) is 23.5. The maximum absolute atomic E-state index is 13.2. The number of sulfonamides is 1. The lowest BCUT2D eigenvalue weighted by atomic mass is 9.98. The van der Waals surface area contributed by atoms with Gasteiger partial charge in [0.2, 0.25) is 10.0 Å². The Hall–Kier alpha value is -2.63. The molecule has 178 valence electrons. The van der Waals surface area contributed by atoms with E-state index in [4.69, 9.17) is 9.47 Å². The van der Waals surface area contributed by atoms with Crippen LogP contribution in [0.15, 0.2) is 41.3 Å².